The summed E-state index contributed by atoms with van der Waals surface area (Å²) in [6.45, 7) is 3.20. The van der Waals surface area contributed by atoms with E-state index in [1.807, 2.05) is 11.5 Å². The topological polar surface area (TPSA) is 76.9 Å². The van der Waals surface area contributed by atoms with E-state index in [-0.39, 0.29) is 4.90 Å². The van der Waals surface area contributed by atoms with Crippen molar-refractivity contribution in [1.82, 2.24) is 14.8 Å². The van der Waals surface area contributed by atoms with Gasteiger partial charge in [0.25, 0.3) is 0 Å². The van der Waals surface area contributed by atoms with Crippen LogP contribution in [0.4, 0.5) is 5.69 Å². The van der Waals surface area contributed by atoms with Gasteiger partial charge in [0.2, 0.25) is 0 Å². The average molecular weight is 280 g/mol. The molecule has 0 radical (unpaired) electrons. The molecular weight excluding hydrogens is 264 g/mol. The van der Waals surface area contributed by atoms with E-state index in [1.165, 1.54) is 6.26 Å². The van der Waals surface area contributed by atoms with Gasteiger partial charge in [-0.3, -0.25) is 0 Å². The van der Waals surface area contributed by atoms with Gasteiger partial charge in [0.1, 0.15) is 6.33 Å². The lowest BCUT2D eigenvalue weighted by Crippen LogP contribution is -2.10. The second kappa shape index (κ2) is 5.40. The summed E-state index contributed by atoms with van der Waals surface area (Å²) >= 11 is 0. The first-order valence-corrected chi connectivity index (χ1v) is 7.81. The lowest BCUT2D eigenvalue weighted by Gasteiger charge is -2.10. The Morgan fingerprint density at radius 1 is 1.32 bits per heavy atom. The van der Waals surface area contributed by atoms with Crippen LogP contribution >= 0.6 is 0 Å². The molecule has 102 valence electrons. The van der Waals surface area contributed by atoms with Gasteiger partial charge in [-0.05, 0) is 19.1 Å². The van der Waals surface area contributed by atoms with Crippen LogP contribution in [-0.2, 0) is 22.9 Å². The van der Waals surface area contributed by atoms with Crippen molar-refractivity contribution in [3.63, 3.8) is 0 Å². The van der Waals surface area contributed by atoms with Crippen molar-refractivity contribution in [2.45, 2.75) is 24.9 Å². The van der Waals surface area contributed by atoms with Gasteiger partial charge >= 0.3 is 0 Å². The first-order valence-electron chi connectivity index (χ1n) is 5.92. The van der Waals surface area contributed by atoms with Crippen LogP contribution in [0.2, 0.25) is 0 Å². The lowest BCUT2D eigenvalue weighted by molar-refractivity contribution is 0.602. The van der Waals surface area contributed by atoms with Gasteiger partial charge < -0.3 is 9.88 Å². The second-order valence-electron chi connectivity index (χ2n) is 4.16. The number of nitrogens with zero attached hydrogens (tertiary/aromatic N) is 3. The zero-order valence-corrected chi connectivity index (χ0v) is 11.7. The van der Waals surface area contributed by atoms with Gasteiger partial charge in [-0.25, -0.2) is 8.42 Å². The van der Waals surface area contributed by atoms with Crippen molar-refractivity contribution in [1.29, 1.82) is 0 Å². The molecule has 0 fully saturated rings. The van der Waals surface area contributed by atoms with E-state index in [4.69, 9.17) is 0 Å². The molecule has 0 aliphatic carbocycles. The van der Waals surface area contributed by atoms with E-state index in [0.29, 0.717) is 12.2 Å². The highest BCUT2D eigenvalue weighted by Crippen LogP contribution is 2.20. The highest BCUT2D eigenvalue weighted by Gasteiger charge is 2.12. The Balaban J connectivity index is 2.21. The first-order chi connectivity index (χ1) is 9.02. The number of aromatic nitrogens is 3. The third kappa shape index (κ3) is 3.11. The second-order valence-corrected chi connectivity index (χ2v) is 6.14. The van der Waals surface area contributed by atoms with Crippen molar-refractivity contribution in [2.24, 2.45) is 0 Å². The molecule has 0 unspecified atom stereocenters. The Hall–Kier alpha value is -1.89. The summed E-state index contributed by atoms with van der Waals surface area (Å²) in [5.74, 6) is 0.769. The number of nitrogens with one attached hydrogen (secondary N) is 1. The SMILES string of the molecule is CCn1cnnc1CNc1ccccc1S(C)(=O)=O. The van der Waals surface area contributed by atoms with E-state index in [9.17, 15) is 8.42 Å². The van der Waals surface area contributed by atoms with Crippen molar-refractivity contribution >= 4 is 15.5 Å². The molecule has 0 saturated carbocycles. The fraction of sp³-hybridized carbons (Fsp3) is 0.333. The third-order valence-corrected chi connectivity index (χ3v) is 3.91. The molecule has 0 atom stereocenters. The van der Waals surface area contributed by atoms with Crippen LogP contribution in [0.3, 0.4) is 0 Å². The van der Waals surface area contributed by atoms with Crippen LogP contribution in [0.15, 0.2) is 35.5 Å². The summed E-state index contributed by atoms with van der Waals surface area (Å²) in [6, 6.07) is 6.82. The van der Waals surface area contributed by atoms with Crippen LogP contribution in [0.25, 0.3) is 0 Å². The monoisotopic (exact) mass is 280 g/mol. The van der Waals surface area contributed by atoms with Crippen LogP contribution in [-0.4, -0.2) is 29.4 Å². The Labute approximate surface area is 112 Å². The van der Waals surface area contributed by atoms with Crippen LogP contribution in [0.5, 0.6) is 0 Å². The summed E-state index contributed by atoms with van der Waals surface area (Å²) in [6.07, 6.45) is 2.85. The molecule has 1 heterocycles. The van der Waals surface area contributed by atoms with Crippen LogP contribution in [0, 0.1) is 0 Å². The molecule has 6 nitrogen and oxygen atoms in total. The van der Waals surface area contributed by atoms with Gasteiger partial charge in [-0.2, -0.15) is 0 Å². The average Bonchev–Trinajstić information content (AvgIpc) is 2.83. The predicted octanol–water partition coefficient (Wildman–Crippen LogP) is 1.31. The van der Waals surface area contributed by atoms with Crippen molar-refractivity contribution in [3.05, 3.63) is 36.4 Å². The number of aryl methyl sites for hydroxylation is 1. The van der Waals surface area contributed by atoms with Gasteiger partial charge in [0.15, 0.2) is 15.7 Å². The summed E-state index contributed by atoms with van der Waals surface area (Å²) in [5, 5.41) is 10.9. The van der Waals surface area contributed by atoms with Gasteiger partial charge in [0, 0.05) is 12.8 Å². The number of para-hydroxylation sites is 1. The molecular formula is C12H16N4O2S. The van der Waals surface area contributed by atoms with E-state index in [0.717, 1.165) is 12.4 Å². The maximum absolute atomic E-state index is 11.7. The highest BCUT2D eigenvalue weighted by molar-refractivity contribution is 7.90. The van der Waals surface area contributed by atoms with Gasteiger partial charge in [-0.15, -0.1) is 10.2 Å². The van der Waals surface area contributed by atoms with E-state index >= 15 is 0 Å². The van der Waals surface area contributed by atoms with E-state index in [1.54, 1.807) is 30.6 Å². The molecule has 0 spiro atoms. The summed E-state index contributed by atoms with van der Waals surface area (Å²) < 4.78 is 25.2. The van der Waals surface area contributed by atoms with Crippen LogP contribution in [0.1, 0.15) is 12.7 Å². The maximum atomic E-state index is 11.7. The molecule has 1 aromatic heterocycles. The molecule has 0 aliphatic heterocycles. The molecule has 2 aromatic rings. The number of rotatable bonds is 5. The fourth-order valence-corrected chi connectivity index (χ4v) is 2.66. The Bertz CT molecular complexity index is 664. The normalized spacial score (nSPS) is 11.5. The number of benzene rings is 1. The minimum absolute atomic E-state index is 0.289. The molecule has 0 bridgehead atoms. The van der Waals surface area contributed by atoms with E-state index in [2.05, 4.69) is 15.5 Å². The minimum Gasteiger partial charge on any atom is -0.377 e. The number of anilines is 1. The zero-order chi connectivity index (χ0) is 13.9. The Morgan fingerprint density at radius 3 is 2.74 bits per heavy atom. The molecule has 2 rings (SSSR count). The van der Waals surface area contributed by atoms with Crippen molar-refractivity contribution in [2.75, 3.05) is 11.6 Å². The summed E-state index contributed by atoms with van der Waals surface area (Å²) in [5.41, 5.74) is 0.579. The summed E-state index contributed by atoms with van der Waals surface area (Å²) in [7, 11) is -3.25. The van der Waals surface area contributed by atoms with Gasteiger partial charge in [-0.1, -0.05) is 12.1 Å². The summed E-state index contributed by atoms with van der Waals surface area (Å²) in [4.78, 5) is 0.289. The van der Waals surface area contributed by atoms with Crippen molar-refractivity contribution in [3.8, 4) is 0 Å². The molecule has 0 saturated heterocycles. The first kappa shape index (κ1) is 13.5. The zero-order valence-electron chi connectivity index (χ0n) is 10.9. The van der Waals surface area contributed by atoms with Gasteiger partial charge in [0.05, 0.1) is 17.1 Å². The molecule has 1 N–H and O–H groups in total. The number of sulfone groups is 1. The minimum atomic E-state index is -3.25. The standard InChI is InChI=1S/C12H16N4O2S/c1-3-16-9-14-15-12(16)8-13-10-6-4-5-7-11(10)19(2,17)18/h4-7,9,13H,3,8H2,1-2H3. The molecule has 0 amide bonds. The van der Waals surface area contributed by atoms with E-state index < -0.39 is 9.84 Å². The Morgan fingerprint density at radius 2 is 2.05 bits per heavy atom. The number of hydrogen-bond acceptors (Lipinski definition) is 5. The number of hydrogen-bond donors (Lipinski definition) is 1. The maximum Gasteiger partial charge on any atom is 0.177 e. The van der Waals surface area contributed by atoms with Crippen LogP contribution < -0.4 is 5.32 Å². The molecule has 19 heavy (non-hydrogen) atoms. The highest BCUT2D eigenvalue weighted by atomic mass is 32.2. The quantitative estimate of drug-likeness (QED) is 0.893. The molecule has 1 aromatic carbocycles. The Kier molecular flexibility index (Phi) is 3.84. The molecule has 7 heteroatoms. The fourth-order valence-electron chi connectivity index (χ4n) is 1.79. The smallest absolute Gasteiger partial charge is 0.177 e. The third-order valence-electron chi connectivity index (χ3n) is 2.76. The van der Waals surface area contributed by atoms with Crippen molar-refractivity contribution < 1.29 is 8.42 Å². The largest absolute Gasteiger partial charge is 0.377 e. The lowest BCUT2D eigenvalue weighted by atomic mass is 10.3. The molecule has 0 aliphatic rings. The predicted molar refractivity (Wildman–Crippen MR) is 72.6 cm³/mol.